The smallest absolute Gasteiger partial charge is 0.411 e. The number of nitrogens with one attached hydrogen (secondary N) is 4. The van der Waals surface area contributed by atoms with Crippen LogP contribution in [0.1, 0.15) is 66.3 Å². The molecule has 2 aliphatic rings. The minimum Gasteiger partial charge on any atom is -0.493 e. The van der Waals surface area contributed by atoms with Gasteiger partial charge >= 0.3 is 18.3 Å². The lowest BCUT2D eigenvalue weighted by molar-refractivity contribution is -0.128. The zero-order valence-corrected chi connectivity index (χ0v) is 42.6. The number of aliphatic hydroxyl groups is 2. The second kappa shape index (κ2) is 27.1. The molecule has 404 valence electrons. The number of aliphatic hydroxyl groups excluding tert-OH is 2. The Morgan fingerprint density at radius 3 is 1.81 bits per heavy atom. The number of likely N-dealkylation sites (tertiary alicyclic amines) is 2. The van der Waals surface area contributed by atoms with Crippen molar-refractivity contribution in [2.45, 2.75) is 70.8 Å². The molecule has 2 unspecified atom stereocenters. The van der Waals surface area contributed by atoms with Gasteiger partial charge < -0.3 is 74.9 Å². The summed E-state index contributed by atoms with van der Waals surface area (Å²) in [6.45, 7) is 15.8. The van der Waals surface area contributed by atoms with Gasteiger partial charge in [-0.15, -0.1) is 0 Å². The molecule has 8 N–H and O–H groups in total. The Morgan fingerprint density at radius 1 is 0.720 bits per heavy atom. The summed E-state index contributed by atoms with van der Waals surface area (Å²) >= 11 is 0. The maximum Gasteiger partial charge on any atom is 0.411 e. The molecule has 23 heteroatoms. The Hall–Kier alpha value is -8.31. The molecule has 2 aliphatic heterocycles. The quantitative estimate of drug-likeness (QED) is 0.0474. The van der Waals surface area contributed by atoms with Gasteiger partial charge in [0.15, 0.2) is 23.0 Å². The number of methoxy groups -OCH3 is 2. The molecule has 2 saturated heterocycles. The standard InChI is InChI=1S/C52H65N7O16/c1-9-15-73-52(68)57-45(29(2)3)47(63)54-32(6)46(62)55-34-13-11-33(12-14-34)28-74-51(67)56-39-22-43(41(69-7)20-37(39)48(64)58-24-30(4)18-35(58)26-60)71-16-10-17-72-44-23-40(75-50(53)66)38(21-42(44)70-8)49(65)59-25-31(5)19-36(59)27-61/h9,11-14,20-23,29,32,35-36,45,60-61H,1,4-5,10,15-19,24-28H2,2-3,6-8H3,(H2,53,66)(H,54,63)(H,55,62)(H,56,67)(H,57,68)/t32?,35-,36-,45?/m0/s1. The number of alkyl carbamates (subject to hydrolysis) is 1. The Labute approximate surface area is 433 Å². The van der Waals surface area contributed by atoms with Gasteiger partial charge in [0, 0.05) is 43.4 Å². The SMILES string of the molecule is C=CCOC(=O)NC(C(=O)NC(C)C(=O)Nc1ccc(COC(=O)Nc2cc(OCCCOc3cc(OC(N)=O)c(C(=O)N4CC(=C)C[C@H]4CO)cc3OC)c(OC)cc2C(=O)N2CC(=C)C[C@H]2CO)cc1)C(C)C. The molecule has 4 atom stereocenters. The molecule has 0 aliphatic carbocycles. The van der Waals surface area contributed by atoms with Crippen LogP contribution in [-0.2, 0) is 25.7 Å². The molecule has 0 radical (unpaired) electrons. The normalized spacial score (nSPS) is 15.8. The summed E-state index contributed by atoms with van der Waals surface area (Å²) < 4.78 is 38.8. The fraction of sp³-hybridized carbons (Fsp3) is 0.404. The Morgan fingerprint density at radius 2 is 1.28 bits per heavy atom. The van der Waals surface area contributed by atoms with Crippen LogP contribution in [0.5, 0.6) is 28.7 Å². The molecule has 23 nitrogen and oxygen atoms in total. The third kappa shape index (κ3) is 15.6. The summed E-state index contributed by atoms with van der Waals surface area (Å²) in [6, 6.07) is 8.75. The highest BCUT2D eigenvalue weighted by molar-refractivity contribution is 6.04. The first-order chi connectivity index (χ1) is 35.8. The lowest BCUT2D eigenvalue weighted by Gasteiger charge is -2.25. The fourth-order valence-electron chi connectivity index (χ4n) is 8.01. The molecule has 0 spiro atoms. The number of rotatable bonds is 24. The van der Waals surface area contributed by atoms with Crippen molar-refractivity contribution in [1.82, 2.24) is 20.4 Å². The second-order valence-corrected chi connectivity index (χ2v) is 17.8. The highest BCUT2D eigenvalue weighted by atomic mass is 16.6. The summed E-state index contributed by atoms with van der Waals surface area (Å²) in [4.78, 5) is 93.9. The highest BCUT2D eigenvalue weighted by Crippen LogP contribution is 2.39. The maximum atomic E-state index is 14.1. The van der Waals surface area contributed by atoms with Crippen LogP contribution in [0.3, 0.4) is 0 Å². The topological polar surface area (TPSA) is 305 Å². The number of benzene rings is 3. The Kier molecular flexibility index (Phi) is 20.8. The van der Waals surface area contributed by atoms with E-state index in [9.17, 15) is 43.8 Å². The van der Waals surface area contributed by atoms with E-state index < -0.39 is 66.1 Å². The number of hydrogen-bond donors (Lipinski definition) is 7. The highest BCUT2D eigenvalue weighted by Gasteiger charge is 2.35. The first-order valence-electron chi connectivity index (χ1n) is 23.8. The van der Waals surface area contributed by atoms with Crippen LogP contribution in [0.4, 0.5) is 25.8 Å². The van der Waals surface area contributed by atoms with Crippen molar-refractivity contribution in [3.8, 4) is 28.7 Å². The summed E-state index contributed by atoms with van der Waals surface area (Å²) in [5.74, 6) is -2.21. The minimum atomic E-state index is -1.18. The van der Waals surface area contributed by atoms with Crippen molar-refractivity contribution in [3.63, 3.8) is 0 Å². The van der Waals surface area contributed by atoms with E-state index in [0.29, 0.717) is 24.1 Å². The summed E-state index contributed by atoms with van der Waals surface area (Å²) in [6.07, 6.45) is -0.515. The maximum absolute atomic E-state index is 14.1. The molecule has 0 bridgehead atoms. The van der Waals surface area contributed by atoms with Gasteiger partial charge in [0.2, 0.25) is 11.8 Å². The molecule has 3 aromatic carbocycles. The van der Waals surface area contributed by atoms with Crippen molar-refractivity contribution in [2.75, 3.05) is 71.0 Å². The summed E-state index contributed by atoms with van der Waals surface area (Å²) in [5, 5.41) is 30.4. The van der Waals surface area contributed by atoms with Crippen LogP contribution in [0, 0.1) is 5.92 Å². The second-order valence-electron chi connectivity index (χ2n) is 17.8. The van der Waals surface area contributed by atoms with Crippen LogP contribution in [0.2, 0.25) is 0 Å². The third-order valence-corrected chi connectivity index (χ3v) is 11.8. The van der Waals surface area contributed by atoms with Gasteiger partial charge in [0.1, 0.15) is 31.0 Å². The van der Waals surface area contributed by atoms with Gasteiger partial charge in [-0.25, -0.2) is 14.4 Å². The number of anilines is 2. The van der Waals surface area contributed by atoms with Crippen LogP contribution in [0.25, 0.3) is 0 Å². The monoisotopic (exact) mass is 1040 g/mol. The van der Waals surface area contributed by atoms with Crippen molar-refractivity contribution < 1.29 is 76.9 Å². The van der Waals surface area contributed by atoms with Gasteiger partial charge in [-0.1, -0.05) is 62.9 Å². The van der Waals surface area contributed by atoms with E-state index in [2.05, 4.69) is 41.0 Å². The summed E-state index contributed by atoms with van der Waals surface area (Å²) in [7, 11) is 2.73. The number of primary amides is 1. The van der Waals surface area contributed by atoms with E-state index >= 15 is 0 Å². The van der Waals surface area contributed by atoms with Gasteiger partial charge in [-0.3, -0.25) is 24.5 Å². The van der Waals surface area contributed by atoms with Crippen LogP contribution < -0.4 is 50.7 Å². The van der Waals surface area contributed by atoms with E-state index in [4.69, 9.17) is 38.9 Å². The van der Waals surface area contributed by atoms with E-state index in [-0.39, 0.29) is 111 Å². The number of hydrogen-bond acceptors (Lipinski definition) is 16. The van der Waals surface area contributed by atoms with Crippen LogP contribution in [-0.4, -0.2) is 146 Å². The van der Waals surface area contributed by atoms with Gasteiger partial charge in [0.05, 0.1) is 69.5 Å². The Bertz CT molecular complexity index is 2620. The molecule has 0 saturated carbocycles. The van der Waals surface area contributed by atoms with Gasteiger partial charge in [-0.2, -0.15) is 0 Å². The van der Waals surface area contributed by atoms with Crippen LogP contribution >= 0.6 is 0 Å². The van der Waals surface area contributed by atoms with Crippen LogP contribution in [0.15, 0.2) is 85.5 Å². The molecule has 2 heterocycles. The zero-order valence-electron chi connectivity index (χ0n) is 42.6. The van der Waals surface area contributed by atoms with E-state index in [1.54, 1.807) is 38.1 Å². The van der Waals surface area contributed by atoms with E-state index in [1.165, 1.54) is 61.3 Å². The number of nitrogens with two attached hydrogens (primary N) is 1. The Balaban J connectivity index is 1.24. The number of ether oxygens (including phenoxy) is 7. The first kappa shape index (κ1) is 57.6. The first-order valence-corrected chi connectivity index (χ1v) is 23.8. The average molecular weight is 1040 g/mol. The predicted molar refractivity (Wildman–Crippen MR) is 273 cm³/mol. The third-order valence-electron chi connectivity index (χ3n) is 11.8. The number of amides is 7. The van der Waals surface area contributed by atoms with Crippen molar-refractivity contribution >= 4 is 53.3 Å². The number of nitrogens with zero attached hydrogens (tertiary/aromatic N) is 2. The van der Waals surface area contributed by atoms with Gasteiger partial charge in [-0.05, 0) is 49.4 Å². The zero-order chi connectivity index (χ0) is 54.9. The molecule has 2 fully saturated rings. The molecule has 5 rings (SSSR count). The number of carbonyl (C=O) groups excluding carboxylic acids is 7. The molecular weight excluding hydrogens is 979 g/mol. The largest absolute Gasteiger partial charge is 0.493 e. The molecule has 7 amide bonds. The van der Waals surface area contributed by atoms with Gasteiger partial charge in [0.25, 0.3) is 11.8 Å². The predicted octanol–water partition coefficient (Wildman–Crippen LogP) is 4.66. The van der Waals surface area contributed by atoms with Crippen molar-refractivity contribution in [1.29, 1.82) is 0 Å². The average Bonchev–Trinajstić information content (AvgIpc) is 3.97. The molecule has 75 heavy (non-hydrogen) atoms. The molecule has 3 aromatic rings. The van der Waals surface area contributed by atoms with E-state index in [1.807, 2.05) is 0 Å². The lowest BCUT2D eigenvalue weighted by Crippen LogP contribution is -2.53. The fourth-order valence-corrected chi connectivity index (χ4v) is 8.01. The summed E-state index contributed by atoms with van der Waals surface area (Å²) in [5.41, 5.74) is 7.67. The molecule has 0 aromatic heterocycles. The molecular formula is C52H65N7O16. The minimum absolute atomic E-state index is 0.00134. The van der Waals surface area contributed by atoms with E-state index in [0.717, 1.165) is 11.1 Å². The lowest BCUT2D eigenvalue weighted by atomic mass is 10.0. The van der Waals surface area contributed by atoms with Crippen molar-refractivity contribution in [3.05, 3.63) is 102 Å². The van der Waals surface area contributed by atoms with Crippen molar-refractivity contribution in [2.24, 2.45) is 11.7 Å². The number of carbonyl (C=O) groups is 7.